The average molecular weight is 283 g/mol. The van der Waals surface area contributed by atoms with Gasteiger partial charge in [-0.3, -0.25) is 9.59 Å². The molecule has 1 rings (SSSR count). The number of nitrogens with zero attached hydrogens (tertiary/aromatic N) is 2. The second kappa shape index (κ2) is 8.31. The summed E-state index contributed by atoms with van der Waals surface area (Å²) in [6.45, 7) is 4.59. The minimum Gasteiger partial charge on any atom is -0.375 e. The first-order chi connectivity index (χ1) is 9.52. The standard InChI is InChI=1S/C13H21N3O4/c1-10(2)4-6-16(13(18)9-19-3)8-12(17)14-11-5-7-20-15-11/h5,7,10H,4,6,8-9H2,1-3H3,(H,14,15,17). The lowest BCUT2D eigenvalue weighted by Gasteiger charge is -2.22. The number of ether oxygens (including phenoxy) is 1. The van der Waals surface area contributed by atoms with Gasteiger partial charge in [0, 0.05) is 19.7 Å². The lowest BCUT2D eigenvalue weighted by Crippen LogP contribution is -2.40. The van der Waals surface area contributed by atoms with Crippen molar-refractivity contribution in [2.75, 3.05) is 32.1 Å². The summed E-state index contributed by atoms with van der Waals surface area (Å²) < 4.78 is 9.45. The highest BCUT2D eigenvalue weighted by molar-refractivity contribution is 5.93. The molecule has 7 heteroatoms. The topological polar surface area (TPSA) is 84.7 Å². The van der Waals surface area contributed by atoms with Crippen LogP contribution >= 0.6 is 0 Å². The van der Waals surface area contributed by atoms with Gasteiger partial charge in [0.15, 0.2) is 5.82 Å². The molecule has 0 bridgehead atoms. The predicted octanol–water partition coefficient (Wildman–Crippen LogP) is 1.13. The average Bonchev–Trinajstić information content (AvgIpc) is 2.87. The number of hydrogen-bond donors (Lipinski definition) is 1. The van der Waals surface area contributed by atoms with Gasteiger partial charge in [-0.1, -0.05) is 19.0 Å². The molecule has 0 aliphatic rings. The molecule has 112 valence electrons. The highest BCUT2D eigenvalue weighted by atomic mass is 16.5. The third-order valence-electron chi connectivity index (χ3n) is 2.64. The first kappa shape index (κ1) is 16.2. The molecule has 0 spiro atoms. The zero-order valence-electron chi connectivity index (χ0n) is 12.1. The molecule has 0 radical (unpaired) electrons. The first-order valence-electron chi connectivity index (χ1n) is 6.50. The molecule has 0 saturated carbocycles. The molecule has 0 fully saturated rings. The Bertz CT molecular complexity index is 417. The number of nitrogens with one attached hydrogen (secondary N) is 1. The van der Waals surface area contributed by atoms with Gasteiger partial charge in [0.2, 0.25) is 11.8 Å². The molecule has 1 aromatic heterocycles. The van der Waals surface area contributed by atoms with Gasteiger partial charge in [-0.25, -0.2) is 0 Å². The SMILES string of the molecule is COCC(=O)N(CCC(C)C)CC(=O)Nc1ccon1. The van der Waals surface area contributed by atoms with Crippen LogP contribution in [0.2, 0.25) is 0 Å². The zero-order chi connectivity index (χ0) is 15.0. The van der Waals surface area contributed by atoms with Crippen LogP contribution in [0.1, 0.15) is 20.3 Å². The third kappa shape index (κ3) is 5.83. The number of aromatic nitrogens is 1. The Balaban J connectivity index is 2.53. The van der Waals surface area contributed by atoms with E-state index in [2.05, 4.69) is 28.8 Å². The molecular formula is C13H21N3O4. The summed E-state index contributed by atoms with van der Waals surface area (Å²) in [4.78, 5) is 25.2. The van der Waals surface area contributed by atoms with E-state index >= 15 is 0 Å². The van der Waals surface area contributed by atoms with Crippen LogP contribution in [0.4, 0.5) is 5.82 Å². The molecule has 0 saturated heterocycles. The number of carbonyl (C=O) groups excluding carboxylic acids is 2. The maximum absolute atomic E-state index is 11.9. The van der Waals surface area contributed by atoms with Crippen LogP contribution in [0.25, 0.3) is 0 Å². The summed E-state index contributed by atoms with van der Waals surface area (Å²) >= 11 is 0. The zero-order valence-corrected chi connectivity index (χ0v) is 12.1. The smallest absolute Gasteiger partial charge is 0.249 e. The van der Waals surface area contributed by atoms with Gasteiger partial charge in [-0.15, -0.1) is 0 Å². The van der Waals surface area contributed by atoms with Crippen molar-refractivity contribution in [2.24, 2.45) is 5.92 Å². The molecule has 0 aromatic carbocycles. The van der Waals surface area contributed by atoms with Gasteiger partial charge >= 0.3 is 0 Å². The Morgan fingerprint density at radius 1 is 1.50 bits per heavy atom. The van der Waals surface area contributed by atoms with E-state index in [0.717, 1.165) is 6.42 Å². The van der Waals surface area contributed by atoms with Gasteiger partial charge in [-0.05, 0) is 12.3 Å². The Morgan fingerprint density at radius 3 is 2.80 bits per heavy atom. The van der Waals surface area contributed by atoms with Crippen molar-refractivity contribution in [1.29, 1.82) is 0 Å². The van der Waals surface area contributed by atoms with Crippen LogP contribution in [0.15, 0.2) is 16.9 Å². The van der Waals surface area contributed by atoms with E-state index in [1.165, 1.54) is 24.3 Å². The summed E-state index contributed by atoms with van der Waals surface area (Å²) in [5, 5.41) is 6.14. The second-order valence-corrected chi connectivity index (χ2v) is 4.86. The summed E-state index contributed by atoms with van der Waals surface area (Å²) in [6.07, 6.45) is 2.19. The van der Waals surface area contributed by atoms with E-state index in [0.29, 0.717) is 18.3 Å². The number of rotatable bonds is 8. The predicted molar refractivity (Wildman–Crippen MR) is 73.0 cm³/mol. The van der Waals surface area contributed by atoms with Gasteiger partial charge in [0.25, 0.3) is 0 Å². The van der Waals surface area contributed by atoms with E-state index in [9.17, 15) is 9.59 Å². The third-order valence-corrected chi connectivity index (χ3v) is 2.64. The molecule has 0 aliphatic carbocycles. The van der Waals surface area contributed by atoms with Crippen molar-refractivity contribution < 1.29 is 18.8 Å². The van der Waals surface area contributed by atoms with Crippen LogP contribution in [0.5, 0.6) is 0 Å². The molecule has 2 amide bonds. The largest absolute Gasteiger partial charge is 0.375 e. The van der Waals surface area contributed by atoms with E-state index in [4.69, 9.17) is 4.74 Å². The fourth-order valence-corrected chi connectivity index (χ4v) is 1.55. The second-order valence-electron chi connectivity index (χ2n) is 4.86. The lowest BCUT2D eigenvalue weighted by molar-refractivity contribution is -0.138. The fraction of sp³-hybridized carbons (Fsp3) is 0.615. The number of carbonyl (C=O) groups is 2. The number of anilines is 1. The van der Waals surface area contributed by atoms with Gasteiger partial charge in [0.1, 0.15) is 12.9 Å². The Labute approximate surface area is 118 Å². The van der Waals surface area contributed by atoms with E-state index in [1.54, 1.807) is 0 Å². The molecule has 1 heterocycles. The van der Waals surface area contributed by atoms with E-state index in [1.807, 2.05) is 0 Å². The van der Waals surface area contributed by atoms with Crippen LogP contribution in [0, 0.1) is 5.92 Å². The quantitative estimate of drug-likeness (QED) is 0.773. The highest BCUT2D eigenvalue weighted by Gasteiger charge is 2.17. The summed E-state index contributed by atoms with van der Waals surface area (Å²) in [6, 6.07) is 1.54. The van der Waals surface area contributed by atoms with Crippen LogP contribution < -0.4 is 5.32 Å². The molecular weight excluding hydrogens is 262 g/mol. The van der Waals surface area contributed by atoms with Crippen LogP contribution in [-0.2, 0) is 14.3 Å². The Morgan fingerprint density at radius 2 is 2.25 bits per heavy atom. The molecule has 7 nitrogen and oxygen atoms in total. The molecule has 20 heavy (non-hydrogen) atoms. The number of amides is 2. The minimum absolute atomic E-state index is 0.0260. The monoisotopic (exact) mass is 283 g/mol. The van der Waals surface area contributed by atoms with Crippen molar-refractivity contribution in [2.45, 2.75) is 20.3 Å². The van der Waals surface area contributed by atoms with Crippen LogP contribution in [0.3, 0.4) is 0 Å². The molecule has 0 atom stereocenters. The molecule has 1 aromatic rings. The maximum atomic E-state index is 11.9. The summed E-state index contributed by atoms with van der Waals surface area (Å²) in [7, 11) is 1.45. The lowest BCUT2D eigenvalue weighted by atomic mass is 10.1. The molecule has 1 N–H and O–H groups in total. The maximum Gasteiger partial charge on any atom is 0.249 e. The normalized spacial score (nSPS) is 10.6. The molecule has 0 aliphatic heterocycles. The van der Waals surface area contributed by atoms with Crippen molar-refractivity contribution in [3.05, 3.63) is 12.3 Å². The van der Waals surface area contributed by atoms with Gasteiger partial charge < -0.3 is 19.5 Å². The number of hydrogen-bond acceptors (Lipinski definition) is 5. The van der Waals surface area contributed by atoms with Crippen molar-refractivity contribution >= 4 is 17.6 Å². The molecule has 0 unspecified atom stereocenters. The summed E-state index contributed by atoms with van der Waals surface area (Å²) in [5.74, 6) is 0.264. The highest BCUT2D eigenvalue weighted by Crippen LogP contribution is 2.05. The Hall–Kier alpha value is -1.89. The van der Waals surface area contributed by atoms with E-state index in [-0.39, 0.29) is 25.0 Å². The van der Waals surface area contributed by atoms with E-state index < -0.39 is 0 Å². The van der Waals surface area contributed by atoms with Crippen molar-refractivity contribution in [3.63, 3.8) is 0 Å². The number of methoxy groups -OCH3 is 1. The van der Waals surface area contributed by atoms with Crippen LogP contribution in [-0.4, -0.2) is 48.7 Å². The Kier molecular flexibility index (Phi) is 6.72. The van der Waals surface area contributed by atoms with Crippen molar-refractivity contribution in [1.82, 2.24) is 10.1 Å². The first-order valence-corrected chi connectivity index (χ1v) is 6.50. The fourth-order valence-electron chi connectivity index (χ4n) is 1.55. The van der Waals surface area contributed by atoms with Gasteiger partial charge in [0.05, 0.1) is 6.54 Å². The van der Waals surface area contributed by atoms with Gasteiger partial charge in [-0.2, -0.15) is 0 Å². The minimum atomic E-state index is -0.313. The summed E-state index contributed by atoms with van der Waals surface area (Å²) in [5.41, 5.74) is 0. The van der Waals surface area contributed by atoms with Crippen molar-refractivity contribution in [3.8, 4) is 0 Å².